The molecule has 0 aliphatic rings. The topological polar surface area (TPSA) is 95.9 Å². The highest BCUT2D eigenvalue weighted by atomic mass is 16.5. The lowest BCUT2D eigenvalue weighted by Gasteiger charge is -2.24. The lowest BCUT2D eigenvalue weighted by molar-refractivity contribution is -0.151. The normalized spacial score (nSPS) is 13.4. The number of amides is 1. The summed E-state index contributed by atoms with van der Waals surface area (Å²) < 4.78 is 5.96. The third-order valence-electron chi connectivity index (χ3n) is 13.2. The van der Waals surface area contributed by atoms with Crippen LogP contribution < -0.4 is 5.32 Å². The van der Waals surface area contributed by atoms with E-state index in [-0.39, 0.29) is 24.9 Å². The molecule has 0 aromatic rings. The molecule has 1 amide bonds. The molecule has 0 bridgehead atoms. The quantitative estimate of drug-likeness (QED) is 0.0321. The van der Waals surface area contributed by atoms with E-state index < -0.39 is 18.2 Å². The first-order valence-corrected chi connectivity index (χ1v) is 28.7. The Morgan fingerprint density at radius 2 is 0.785 bits per heavy atom. The van der Waals surface area contributed by atoms with Crippen LogP contribution in [0.4, 0.5) is 0 Å². The van der Waals surface area contributed by atoms with Crippen LogP contribution in [0.25, 0.3) is 0 Å². The van der Waals surface area contributed by atoms with E-state index in [2.05, 4.69) is 62.5 Å². The molecule has 0 heterocycles. The number of carbonyl (C=O) groups is 2. The average molecular weight is 915 g/mol. The third-order valence-corrected chi connectivity index (χ3v) is 13.2. The van der Waals surface area contributed by atoms with Crippen molar-refractivity contribution in [2.75, 3.05) is 6.61 Å². The fourth-order valence-electron chi connectivity index (χ4n) is 8.85. The van der Waals surface area contributed by atoms with Crippen LogP contribution in [0.2, 0.25) is 0 Å². The van der Waals surface area contributed by atoms with Crippen LogP contribution in [0.1, 0.15) is 303 Å². The van der Waals surface area contributed by atoms with E-state index in [0.29, 0.717) is 19.3 Å². The predicted molar refractivity (Wildman–Crippen MR) is 282 cm³/mol. The van der Waals surface area contributed by atoms with E-state index in [9.17, 15) is 19.8 Å². The Balaban J connectivity index is 4.54. The third kappa shape index (κ3) is 48.3. The number of hydrogen-bond donors (Lipinski definition) is 3. The molecule has 0 saturated heterocycles. The number of unbranched alkanes of at least 4 members (excludes halogenated alkanes) is 34. The van der Waals surface area contributed by atoms with E-state index in [0.717, 1.165) is 64.2 Å². The number of carbonyl (C=O) groups excluding carboxylic acids is 2. The number of hydrogen-bond acceptors (Lipinski definition) is 5. The van der Waals surface area contributed by atoms with Gasteiger partial charge in [-0.2, -0.15) is 0 Å². The maximum absolute atomic E-state index is 13.3. The van der Waals surface area contributed by atoms with Gasteiger partial charge in [-0.05, 0) is 64.2 Å². The largest absolute Gasteiger partial charge is 0.462 e. The van der Waals surface area contributed by atoms with Crippen LogP contribution in [0.15, 0.2) is 36.5 Å². The minimum atomic E-state index is -0.787. The van der Waals surface area contributed by atoms with Gasteiger partial charge in [-0.1, -0.05) is 263 Å². The summed E-state index contributed by atoms with van der Waals surface area (Å²) in [5, 5.41) is 23.9. The molecular weight excluding hydrogens is 803 g/mol. The Morgan fingerprint density at radius 3 is 1.22 bits per heavy atom. The van der Waals surface area contributed by atoms with Gasteiger partial charge in [-0.25, -0.2) is 0 Å². The van der Waals surface area contributed by atoms with Gasteiger partial charge in [0.15, 0.2) is 0 Å². The zero-order chi connectivity index (χ0) is 47.4. The van der Waals surface area contributed by atoms with Gasteiger partial charge < -0.3 is 20.3 Å². The second-order valence-corrected chi connectivity index (χ2v) is 19.7. The maximum atomic E-state index is 13.3. The van der Waals surface area contributed by atoms with Crippen LogP contribution in [0, 0.1) is 0 Å². The van der Waals surface area contributed by atoms with Gasteiger partial charge in [0.1, 0.15) is 6.10 Å². The van der Waals surface area contributed by atoms with Gasteiger partial charge in [0.25, 0.3) is 0 Å². The van der Waals surface area contributed by atoms with Crippen LogP contribution >= 0.6 is 0 Å². The minimum Gasteiger partial charge on any atom is -0.462 e. The van der Waals surface area contributed by atoms with Crippen molar-refractivity contribution >= 4 is 11.9 Å². The number of rotatable bonds is 52. The molecule has 6 nitrogen and oxygen atoms in total. The highest BCUT2D eigenvalue weighted by Crippen LogP contribution is 2.19. The lowest BCUT2D eigenvalue weighted by Crippen LogP contribution is -2.46. The molecule has 3 N–H and O–H groups in total. The molecule has 0 aliphatic heterocycles. The molecule has 0 aliphatic carbocycles. The van der Waals surface area contributed by atoms with Crippen molar-refractivity contribution < 1.29 is 24.5 Å². The van der Waals surface area contributed by atoms with Gasteiger partial charge >= 0.3 is 5.97 Å². The maximum Gasteiger partial charge on any atom is 0.306 e. The lowest BCUT2D eigenvalue weighted by atomic mass is 10.0. The molecule has 0 fully saturated rings. The summed E-state index contributed by atoms with van der Waals surface area (Å²) >= 11 is 0. The minimum absolute atomic E-state index is 0.0768. The Hall–Kier alpha value is -1.92. The number of aliphatic hydroxyl groups excluding tert-OH is 2. The van der Waals surface area contributed by atoms with E-state index in [1.54, 1.807) is 0 Å². The Labute approximate surface area is 404 Å². The van der Waals surface area contributed by atoms with Gasteiger partial charge in [0.05, 0.1) is 25.2 Å². The number of ether oxygens (including phenoxy) is 1. The second-order valence-electron chi connectivity index (χ2n) is 19.7. The smallest absolute Gasteiger partial charge is 0.306 e. The van der Waals surface area contributed by atoms with Gasteiger partial charge in [0.2, 0.25) is 5.91 Å². The molecule has 3 atom stereocenters. The molecule has 3 unspecified atom stereocenters. The second kappa shape index (κ2) is 53.0. The summed E-state index contributed by atoms with van der Waals surface area (Å²) in [5.74, 6) is -0.472. The zero-order valence-electron chi connectivity index (χ0n) is 43.6. The van der Waals surface area contributed by atoms with E-state index in [4.69, 9.17) is 4.74 Å². The van der Waals surface area contributed by atoms with E-state index >= 15 is 0 Å². The summed E-state index contributed by atoms with van der Waals surface area (Å²) in [7, 11) is 0. The molecule has 0 aromatic heterocycles. The fraction of sp³-hybridized carbons (Fsp3) is 0.864. The number of esters is 1. The molecule has 0 rings (SSSR count). The molecule has 0 saturated carbocycles. The van der Waals surface area contributed by atoms with Crippen LogP contribution in [-0.2, 0) is 14.3 Å². The number of allylic oxidation sites excluding steroid dienone is 6. The van der Waals surface area contributed by atoms with Crippen molar-refractivity contribution in [1.82, 2.24) is 5.32 Å². The zero-order valence-corrected chi connectivity index (χ0v) is 43.6. The Kier molecular flexibility index (Phi) is 51.5. The van der Waals surface area contributed by atoms with E-state index in [1.165, 1.54) is 193 Å². The summed E-state index contributed by atoms with van der Waals surface area (Å²) in [6.45, 7) is 6.48. The van der Waals surface area contributed by atoms with Crippen molar-refractivity contribution in [3.8, 4) is 0 Å². The Morgan fingerprint density at radius 1 is 0.446 bits per heavy atom. The van der Waals surface area contributed by atoms with Gasteiger partial charge in [0, 0.05) is 6.42 Å². The number of nitrogens with one attached hydrogen (secondary N) is 1. The summed E-state index contributed by atoms with van der Waals surface area (Å²) in [4.78, 5) is 26.3. The average Bonchev–Trinajstić information content (AvgIpc) is 3.30. The molecule has 6 heteroatoms. The SMILES string of the molecule is CCCCC/C=C\C/C=C\C/C=C\CCCCCCCCC(=O)OC(CCCCCCCCCCCCCCCC)CC(=O)NC(CO)C(O)CCCCCCCCCCCCCCC. The standard InChI is InChI=1S/C59H111NO5/c1-4-7-10-13-16-19-22-25-27-28-29-30-31-34-37-40-43-46-49-52-59(64)65-55(50-47-44-41-38-35-33-26-23-20-17-14-11-8-5-2)53-58(63)60-56(54-61)57(62)51-48-45-42-39-36-32-24-21-18-15-12-9-6-3/h16,19,25,27,29-30,55-57,61-62H,4-15,17-18,20-24,26,28,31-54H2,1-3H3,(H,60,63)/b19-16-,27-25-,30-29-. The van der Waals surface area contributed by atoms with Crippen LogP contribution in [0.3, 0.4) is 0 Å². The van der Waals surface area contributed by atoms with Gasteiger partial charge in [-0.3, -0.25) is 9.59 Å². The summed E-state index contributed by atoms with van der Waals surface area (Å²) in [6, 6.07) is -0.701. The highest BCUT2D eigenvalue weighted by molar-refractivity contribution is 5.77. The number of aliphatic hydroxyl groups is 2. The first-order valence-electron chi connectivity index (χ1n) is 28.7. The first kappa shape index (κ1) is 63.1. The first-order chi connectivity index (χ1) is 32.0. The van der Waals surface area contributed by atoms with Crippen molar-refractivity contribution in [2.45, 2.75) is 322 Å². The molecule has 0 spiro atoms. The van der Waals surface area contributed by atoms with Crippen LogP contribution in [-0.4, -0.2) is 46.9 Å². The van der Waals surface area contributed by atoms with Gasteiger partial charge in [-0.15, -0.1) is 0 Å². The predicted octanol–water partition coefficient (Wildman–Crippen LogP) is 17.6. The van der Waals surface area contributed by atoms with Crippen molar-refractivity contribution in [2.24, 2.45) is 0 Å². The molecule has 0 radical (unpaired) electrons. The molecule has 382 valence electrons. The van der Waals surface area contributed by atoms with Crippen molar-refractivity contribution in [3.63, 3.8) is 0 Å². The molecule has 65 heavy (non-hydrogen) atoms. The molecule has 0 aromatic carbocycles. The van der Waals surface area contributed by atoms with Crippen LogP contribution in [0.5, 0.6) is 0 Å². The summed E-state index contributed by atoms with van der Waals surface area (Å²) in [5.41, 5.74) is 0. The van der Waals surface area contributed by atoms with E-state index in [1.807, 2.05) is 0 Å². The molecular formula is C59H111NO5. The fourth-order valence-corrected chi connectivity index (χ4v) is 8.85. The monoisotopic (exact) mass is 914 g/mol. The van der Waals surface area contributed by atoms with Crippen molar-refractivity contribution in [3.05, 3.63) is 36.5 Å². The Bertz CT molecular complexity index is 1070. The highest BCUT2D eigenvalue weighted by Gasteiger charge is 2.24. The van der Waals surface area contributed by atoms with Crippen molar-refractivity contribution in [1.29, 1.82) is 0 Å². The summed E-state index contributed by atoms with van der Waals surface area (Å²) in [6.07, 6.45) is 63.5.